The van der Waals surface area contributed by atoms with Crippen LogP contribution in [-0.2, 0) is 12.8 Å². The van der Waals surface area contributed by atoms with Crippen LogP contribution in [0.4, 0.5) is 11.4 Å². The highest BCUT2D eigenvalue weighted by molar-refractivity contribution is 5.56. The van der Waals surface area contributed by atoms with Gasteiger partial charge in [0, 0.05) is 56.7 Å². The van der Waals surface area contributed by atoms with E-state index < -0.39 is 0 Å². The Morgan fingerprint density at radius 3 is 2.10 bits per heavy atom. The van der Waals surface area contributed by atoms with Crippen molar-refractivity contribution in [2.24, 2.45) is 0 Å². The molecule has 0 radical (unpaired) electrons. The van der Waals surface area contributed by atoms with Gasteiger partial charge in [0.15, 0.2) is 0 Å². The van der Waals surface area contributed by atoms with Crippen molar-refractivity contribution in [2.45, 2.75) is 51.0 Å². The van der Waals surface area contributed by atoms with Crippen LogP contribution in [0, 0.1) is 11.3 Å². The van der Waals surface area contributed by atoms with Crippen molar-refractivity contribution in [3.8, 4) is 6.07 Å². The Morgan fingerprint density at radius 2 is 1.39 bits per heavy atom. The smallest absolute Gasteiger partial charge is 0.0992 e. The molecule has 31 heavy (non-hydrogen) atoms. The summed E-state index contributed by atoms with van der Waals surface area (Å²) in [4.78, 5) is 7.73. The zero-order chi connectivity index (χ0) is 21.0. The van der Waals surface area contributed by atoms with Crippen molar-refractivity contribution in [1.82, 2.24) is 4.90 Å². The van der Waals surface area contributed by atoms with Gasteiger partial charge >= 0.3 is 0 Å². The Morgan fingerprint density at radius 1 is 0.710 bits per heavy atom. The number of nitrogens with zero attached hydrogens (tertiary/aromatic N) is 4. The zero-order valence-electron chi connectivity index (χ0n) is 18.6. The van der Waals surface area contributed by atoms with Crippen molar-refractivity contribution in [2.75, 3.05) is 49.1 Å². The van der Waals surface area contributed by atoms with Gasteiger partial charge in [0.25, 0.3) is 0 Å². The number of anilines is 2. The molecule has 2 fully saturated rings. The molecule has 1 aliphatic carbocycles. The molecule has 0 amide bonds. The molecule has 4 nitrogen and oxygen atoms in total. The Balaban J connectivity index is 1.22. The third-order valence-electron chi connectivity index (χ3n) is 7.60. The predicted octanol–water partition coefficient (Wildman–Crippen LogP) is 4.62. The van der Waals surface area contributed by atoms with E-state index in [1.807, 2.05) is 18.2 Å². The van der Waals surface area contributed by atoms with Crippen molar-refractivity contribution in [3.05, 3.63) is 59.2 Å². The summed E-state index contributed by atoms with van der Waals surface area (Å²) in [5.74, 6) is 0. The van der Waals surface area contributed by atoms with Crippen LogP contribution in [0.3, 0.4) is 0 Å². The van der Waals surface area contributed by atoms with Gasteiger partial charge in [-0.3, -0.25) is 4.90 Å². The molecule has 0 N–H and O–H groups in total. The lowest BCUT2D eigenvalue weighted by Crippen LogP contribution is -2.46. The zero-order valence-corrected chi connectivity index (χ0v) is 18.6. The van der Waals surface area contributed by atoms with Crippen molar-refractivity contribution in [1.29, 1.82) is 5.26 Å². The number of piperazine rings is 1. The van der Waals surface area contributed by atoms with E-state index in [-0.39, 0.29) is 0 Å². The SMILES string of the molecule is N#Cc1cccc(N2CCN(c3ccc4c(c3)CCN(C3CCCCC3)CC4)CC2)c1. The molecule has 162 valence electrons. The van der Waals surface area contributed by atoms with Crippen molar-refractivity contribution in [3.63, 3.8) is 0 Å². The first-order valence-corrected chi connectivity index (χ1v) is 12.2. The summed E-state index contributed by atoms with van der Waals surface area (Å²) in [6.45, 7) is 6.53. The molecule has 0 aromatic heterocycles. The third-order valence-corrected chi connectivity index (χ3v) is 7.60. The van der Waals surface area contributed by atoms with Gasteiger partial charge in [-0.05, 0) is 67.1 Å². The fraction of sp³-hybridized carbons (Fsp3) is 0.519. The molecule has 2 aromatic carbocycles. The van der Waals surface area contributed by atoms with Crippen LogP contribution in [0.15, 0.2) is 42.5 Å². The van der Waals surface area contributed by atoms with Crippen LogP contribution < -0.4 is 9.80 Å². The first kappa shape index (κ1) is 20.4. The number of nitriles is 1. The van der Waals surface area contributed by atoms with Crippen LogP contribution in [0.1, 0.15) is 48.8 Å². The molecule has 2 heterocycles. The number of benzene rings is 2. The van der Waals surface area contributed by atoms with Crippen molar-refractivity contribution < 1.29 is 0 Å². The first-order valence-electron chi connectivity index (χ1n) is 12.2. The minimum absolute atomic E-state index is 0.743. The molecule has 1 saturated carbocycles. The second-order valence-corrected chi connectivity index (χ2v) is 9.42. The fourth-order valence-electron chi connectivity index (χ4n) is 5.73. The van der Waals surface area contributed by atoms with E-state index in [0.717, 1.165) is 37.8 Å². The van der Waals surface area contributed by atoms with E-state index in [4.69, 9.17) is 0 Å². The molecule has 1 saturated heterocycles. The second kappa shape index (κ2) is 9.32. The molecule has 2 aliphatic heterocycles. The quantitative estimate of drug-likeness (QED) is 0.734. The van der Waals surface area contributed by atoms with Gasteiger partial charge in [-0.2, -0.15) is 5.26 Å². The van der Waals surface area contributed by atoms with Crippen LogP contribution in [0.25, 0.3) is 0 Å². The van der Waals surface area contributed by atoms with E-state index in [2.05, 4.69) is 45.0 Å². The van der Waals surface area contributed by atoms with Crippen LogP contribution in [-0.4, -0.2) is 50.2 Å². The standard InChI is InChI=1S/C27H34N4/c28-21-22-5-4-8-26(19-22)30-15-17-31(18-16-30)27-10-9-23-11-13-29(14-12-24(23)20-27)25-6-2-1-3-7-25/h4-5,8-10,19-20,25H,1-3,6-7,11-18H2. The fourth-order valence-corrected chi connectivity index (χ4v) is 5.73. The molecular weight excluding hydrogens is 380 g/mol. The highest BCUT2D eigenvalue weighted by Crippen LogP contribution is 2.28. The Kier molecular flexibility index (Phi) is 6.13. The number of hydrogen-bond donors (Lipinski definition) is 0. The van der Waals surface area contributed by atoms with Gasteiger partial charge in [-0.25, -0.2) is 0 Å². The molecule has 4 heteroatoms. The Hall–Kier alpha value is -2.51. The highest BCUT2D eigenvalue weighted by atomic mass is 15.3. The molecule has 3 aliphatic rings. The summed E-state index contributed by atoms with van der Waals surface area (Å²) < 4.78 is 0. The molecule has 0 spiro atoms. The Bertz CT molecular complexity index is 932. The summed E-state index contributed by atoms with van der Waals surface area (Å²) in [6.07, 6.45) is 9.49. The van der Waals surface area contributed by atoms with E-state index in [9.17, 15) is 5.26 Å². The van der Waals surface area contributed by atoms with Gasteiger partial charge in [0.1, 0.15) is 0 Å². The molecule has 0 bridgehead atoms. The van der Waals surface area contributed by atoms with Crippen LogP contribution >= 0.6 is 0 Å². The molecule has 0 unspecified atom stereocenters. The van der Waals surface area contributed by atoms with E-state index in [0.29, 0.717) is 0 Å². The van der Waals surface area contributed by atoms with Crippen LogP contribution in [0.5, 0.6) is 0 Å². The van der Waals surface area contributed by atoms with Gasteiger partial charge in [-0.15, -0.1) is 0 Å². The van der Waals surface area contributed by atoms with Gasteiger partial charge in [0.05, 0.1) is 11.6 Å². The highest BCUT2D eigenvalue weighted by Gasteiger charge is 2.24. The summed E-state index contributed by atoms with van der Waals surface area (Å²) in [6, 6.07) is 18.3. The average molecular weight is 415 g/mol. The number of fused-ring (bicyclic) bond motifs is 1. The van der Waals surface area contributed by atoms with Crippen LogP contribution in [0.2, 0.25) is 0 Å². The molecule has 2 aromatic rings. The number of rotatable bonds is 3. The van der Waals surface area contributed by atoms with Crippen molar-refractivity contribution >= 4 is 11.4 Å². The van der Waals surface area contributed by atoms with Gasteiger partial charge in [0.2, 0.25) is 0 Å². The van der Waals surface area contributed by atoms with Gasteiger partial charge < -0.3 is 9.80 Å². The van der Waals surface area contributed by atoms with Gasteiger partial charge in [-0.1, -0.05) is 31.4 Å². The maximum Gasteiger partial charge on any atom is 0.0992 e. The largest absolute Gasteiger partial charge is 0.368 e. The van der Waals surface area contributed by atoms with E-state index in [1.165, 1.54) is 69.4 Å². The molecule has 5 rings (SSSR count). The lowest BCUT2D eigenvalue weighted by atomic mass is 9.94. The summed E-state index contributed by atoms with van der Waals surface area (Å²) >= 11 is 0. The Labute approximate surface area is 187 Å². The molecular formula is C27H34N4. The third kappa shape index (κ3) is 4.57. The first-order chi connectivity index (χ1) is 15.3. The topological polar surface area (TPSA) is 33.5 Å². The summed E-state index contributed by atoms with van der Waals surface area (Å²) in [7, 11) is 0. The lowest BCUT2D eigenvalue weighted by Gasteiger charge is -2.37. The maximum atomic E-state index is 9.18. The maximum absolute atomic E-state index is 9.18. The number of hydrogen-bond acceptors (Lipinski definition) is 4. The second-order valence-electron chi connectivity index (χ2n) is 9.42. The minimum Gasteiger partial charge on any atom is -0.368 e. The monoisotopic (exact) mass is 414 g/mol. The summed E-state index contributed by atoms with van der Waals surface area (Å²) in [5, 5.41) is 9.18. The average Bonchev–Trinajstić information content (AvgIpc) is 3.07. The molecule has 0 atom stereocenters. The lowest BCUT2D eigenvalue weighted by molar-refractivity contribution is 0.163. The normalized spacial score (nSPS) is 20.7. The summed E-state index contributed by atoms with van der Waals surface area (Å²) in [5.41, 5.74) is 6.43. The minimum atomic E-state index is 0.743. The van der Waals surface area contributed by atoms with E-state index >= 15 is 0 Å². The predicted molar refractivity (Wildman–Crippen MR) is 128 cm³/mol. The van der Waals surface area contributed by atoms with E-state index in [1.54, 1.807) is 11.1 Å².